The van der Waals surface area contributed by atoms with Crippen molar-refractivity contribution in [2.45, 2.75) is 46.0 Å². The Balaban J connectivity index is 2.71. The van der Waals surface area contributed by atoms with Crippen LogP contribution in [-0.4, -0.2) is 12.6 Å². The van der Waals surface area contributed by atoms with Gasteiger partial charge in [0.2, 0.25) is 0 Å². The van der Waals surface area contributed by atoms with Crippen molar-refractivity contribution in [1.82, 2.24) is 0 Å². The minimum Gasteiger partial charge on any atom is -0.466 e. The van der Waals surface area contributed by atoms with Gasteiger partial charge in [-0.3, -0.25) is 4.79 Å². The fourth-order valence-electron chi connectivity index (χ4n) is 1.99. The van der Waals surface area contributed by atoms with E-state index in [1.807, 2.05) is 6.92 Å². The molecule has 0 aliphatic rings. The maximum atomic E-state index is 11.5. The van der Waals surface area contributed by atoms with Crippen LogP contribution in [0.4, 0.5) is 0 Å². The van der Waals surface area contributed by atoms with Crippen molar-refractivity contribution >= 4 is 5.97 Å². The molecule has 1 atom stereocenters. The quantitative estimate of drug-likeness (QED) is 0.699. The lowest BCUT2D eigenvalue weighted by atomic mass is 9.91. The Morgan fingerprint density at radius 3 is 2.41 bits per heavy atom. The van der Waals surface area contributed by atoms with Gasteiger partial charge in [-0.05, 0) is 31.7 Å². The third-order valence-electron chi connectivity index (χ3n) is 2.90. The van der Waals surface area contributed by atoms with E-state index in [1.165, 1.54) is 11.1 Å². The summed E-state index contributed by atoms with van der Waals surface area (Å²) in [5, 5.41) is 0. The van der Waals surface area contributed by atoms with Gasteiger partial charge >= 0.3 is 5.97 Å². The maximum absolute atomic E-state index is 11.5. The van der Waals surface area contributed by atoms with Gasteiger partial charge in [0.25, 0.3) is 0 Å². The van der Waals surface area contributed by atoms with E-state index in [4.69, 9.17) is 4.74 Å². The van der Waals surface area contributed by atoms with Crippen molar-refractivity contribution in [2.75, 3.05) is 6.61 Å². The van der Waals surface area contributed by atoms with E-state index in [1.54, 1.807) is 0 Å². The molecule has 0 aliphatic carbocycles. The fraction of sp³-hybridized carbons (Fsp3) is 0.533. The Kier molecular flexibility index (Phi) is 5.75. The number of ether oxygens (including phenoxy) is 1. The predicted molar refractivity (Wildman–Crippen MR) is 70.1 cm³/mol. The minimum absolute atomic E-state index is 0.0912. The lowest BCUT2D eigenvalue weighted by Gasteiger charge is -2.15. The second-order valence-electron chi connectivity index (χ2n) is 4.41. The summed E-state index contributed by atoms with van der Waals surface area (Å²) < 4.78 is 5.02. The van der Waals surface area contributed by atoms with Gasteiger partial charge < -0.3 is 4.74 Å². The molecule has 0 radical (unpaired) electrons. The van der Waals surface area contributed by atoms with Crippen LogP contribution in [0.15, 0.2) is 24.3 Å². The van der Waals surface area contributed by atoms with E-state index in [2.05, 4.69) is 38.1 Å². The zero-order valence-corrected chi connectivity index (χ0v) is 11.0. The van der Waals surface area contributed by atoms with Crippen LogP contribution in [0.1, 0.15) is 50.2 Å². The molecule has 2 heteroatoms. The molecule has 0 heterocycles. The zero-order chi connectivity index (χ0) is 12.7. The Hall–Kier alpha value is -1.31. The Morgan fingerprint density at radius 2 is 1.88 bits per heavy atom. The van der Waals surface area contributed by atoms with Crippen LogP contribution in [0.3, 0.4) is 0 Å². The molecule has 1 aromatic rings. The molecule has 0 aromatic heterocycles. The summed E-state index contributed by atoms with van der Waals surface area (Å²) in [6, 6.07) is 8.44. The van der Waals surface area contributed by atoms with Gasteiger partial charge in [-0.25, -0.2) is 0 Å². The number of benzene rings is 1. The molecule has 1 aromatic carbocycles. The Morgan fingerprint density at radius 1 is 1.24 bits per heavy atom. The van der Waals surface area contributed by atoms with E-state index in [-0.39, 0.29) is 5.97 Å². The first-order valence-electron chi connectivity index (χ1n) is 6.39. The fourth-order valence-corrected chi connectivity index (χ4v) is 1.99. The van der Waals surface area contributed by atoms with Crippen molar-refractivity contribution in [3.05, 3.63) is 35.4 Å². The van der Waals surface area contributed by atoms with Gasteiger partial charge in [0.1, 0.15) is 0 Å². The number of carbonyl (C=O) groups excluding carboxylic acids is 1. The summed E-state index contributed by atoms with van der Waals surface area (Å²) in [6.45, 7) is 6.53. The molecule has 0 aliphatic heterocycles. The molecule has 17 heavy (non-hydrogen) atoms. The highest BCUT2D eigenvalue weighted by Gasteiger charge is 2.15. The number of hydrogen-bond donors (Lipinski definition) is 0. The number of aryl methyl sites for hydroxylation is 1. The van der Waals surface area contributed by atoms with Crippen molar-refractivity contribution in [2.24, 2.45) is 0 Å². The van der Waals surface area contributed by atoms with Crippen molar-refractivity contribution < 1.29 is 9.53 Å². The summed E-state index contributed by atoms with van der Waals surface area (Å²) in [4.78, 5) is 11.5. The molecule has 94 valence electrons. The normalized spacial score (nSPS) is 12.2. The molecule has 0 fully saturated rings. The van der Waals surface area contributed by atoms with Crippen LogP contribution in [0.2, 0.25) is 0 Å². The van der Waals surface area contributed by atoms with Gasteiger partial charge in [-0.1, -0.05) is 43.2 Å². The van der Waals surface area contributed by atoms with Crippen LogP contribution in [-0.2, 0) is 9.53 Å². The van der Waals surface area contributed by atoms with Crippen LogP contribution in [0, 0.1) is 6.92 Å². The smallest absolute Gasteiger partial charge is 0.306 e. The summed E-state index contributed by atoms with van der Waals surface area (Å²) in [5.74, 6) is 0.200. The average molecular weight is 234 g/mol. The molecule has 0 spiro atoms. The first-order chi connectivity index (χ1) is 8.17. The molecule has 0 saturated carbocycles. The highest BCUT2D eigenvalue weighted by molar-refractivity contribution is 5.70. The molecule has 1 rings (SSSR count). The Labute approximate surface area is 104 Å². The standard InChI is InChI=1S/C15H22O2/c1-4-6-14(11-15(16)17-5-2)13-9-7-12(3)8-10-13/h7-10,14H,4-6,11H2,1-3H3/t14-/m1/s1. The third-order valence-corrected chi connectivity index (χ3v) is 2.90. The van der Waals surface area contributed by atoms with Crippen LogP contribution in [0.5, 0.6) is 0 Å². The second-order valence-corrected chi connectivity index (χ2v) is 4.41. The Bertz CT molecular complexity index is 340. The van der Waals surface area contributed by atoms with Crippen LogP contribution >= 0.6 is 0 Å². The molecular weight excluding hydrogens is 212 g/mol. The molecule has 2 nitrogen and oxygen atoms in total. The highest BCUT2D eigenvalue weighted by Crippen LogP contribution is 2.25. The van der Waals surface area contributed by atoms with Gasteiger partial charge in [0.15, 0.2) is 0 Å². The van der Waals surface area contributed by atoms with Crippen molar-refractivity contribution in [3.8, 4) is 0 Å². The van der Waals surface area contributed by atoms with Gasteiger partial charge in [0.05, 0.1) is 13.0 Å². The number of esters is 1. The van der Waals surface area contributed by atoms with E-state index in [0.29, 0.717) is 18.9 Å². The predicted octanol–water partition coefficient (Wildman–Crippen LogP) is 3.83. The monoisotopic (exact) mass is 234 g/mol. The van der Waals surface area contributed by atoms with E-state index in [9.17, 15) is 4.79 Å². The first kappa shape index (κ1) is 13.8. The van der Waals surface area contributed by atoms with Gasteiger partial charge in [-0.15, -0.1) is 0 Å². The van der Waals surface area contributed by atoms with E-state index in [0.717, 1.165) is 12.8 Å². The highest BCUT2D eigenvalue weighted by atomic mass is 16.5. The largest absolute Gasteiger partial charge is 0.466 e. The summed E-state index contributed by atoms with van der Waals surface area (Å²) in [6.07, 6.45) is 2.60. The number of rotatable bonds is 6. The molecular formula is C15H22O2. The van der Waals surface area contributed by atoms with E-state index < -0.39 is 0 Å². The number of hydrogen-bond acceptors (Lipinski definition) is 2. The molecule has 0 saturated heterocycles. The third kappa shape index (κ3) is 4.59. The second kappa shape index (κ2) is 7.10. The number of carbonyl (C=O) groups is 1. The molecule has 0 unspecified atom stereocenters. The van der Waals surface area contributed by atoms with E-state index >= 15 is 0 Å². The lowest BCUT2D eigenvalue weighted by Crippen LogP contribution is -2.10. The molecule has 0 N–H and O–H groups in total. The summed E-state index contributed by atoms with van der Waals surface area (Å²) >= 11 is 0. The summed E-state index contributed by atoms with van der Waals surface area (Å²) in [5.41, 5.74) is 2.49. The maximum Gasteiger partial charge on any atom is 0.306 e. The van der Waals surface area contributed by atoms with Crippen molar-refractivity contribution in [3.63, 3.8) is 0 Å². The molecule has 0 bridgehead atoms. The summed E-state index contributed by atoms with van der Waals surface area (Å²) in [7, 11) is 0. The van der Waals surface area contributed by atoms with Crippen LogP contribution in [0.25, 0.3) is 0 Å². The van der Waals surface area contributed by atoms with Gasteiger partial charge in [-0.2, -0.15) is 0 Å². The SMILES string of the molecule is CCC[C@H](CC(=O)OCC)c1ccc(C)cc1. The zero-order valence-electron chi connectivity index (χ0n) is 11.0. The first-order valence-corrected chi connectivity index (χ1v) is 6.39. The topological polar surface area (TPSA) is 26.3 Å². The van der Waals surface area contributed by atoms with Gasteiger partial charge in [0, 0.05) is 0 Å². The molecule has 0 amide bonds. The van der Waals surface area contributed by atoms with Crippen LogP contribution < -0.4 is 0 Å². The lowest BCUT2D eigenvalue weighted by molar-refractivity contribution is -0.143. The van der Waals surface area contributed by atoms with Crippen molar-refractivity contribution in [1.29, 1.82) is 0 Å². The average Bonchev–Trinajstić information content (AvgIpc) is 2.30. The minimum atomic E-state index is -0.0912.